The molecular formula is C13H16BrN3OS. The second-order valence-corrected chi connectivity index (χ2v) is 6.29. The first-order chi connectivity index (χ1) is 9.01. The first-order valence-electron chi connectivity index (χ1n) is 6.04. The summed E-state index contributed by atoms with van der Waals surface area (Å²) < 4.78 is 2.81. The standard InChI is InChI=1S/C13H16BrN3OS/c1-4-17-12(5-9(2)15-17)13(18)16(3)7-11-6-10(14)8-19-11/h5-6,8H,4,7H2,1-3H3. The van der Waals surface area contributed by atoms with Gasteiger partial charge in [-0.05, 0) is 41.9 Å². The minimum atomic E-state index is 0.00646. The van der Waals surface area contributed by atoms with Gasteiger partial charge in [0, 0.05) is 28.3 Å². The maximum absolute atomic E-state index is 12.4. The molecule has 6 heteroatoms. The van der Waals surface area contributed by atoms with E-state index in [9.17, 15) is 4.79 Å². The molecule has 0 radical (unpaired) electrons. The number of nitrogens with zero attached hydrogens (tertiary/aromatic N) is 3. The van der Waals surface area contributed by atoms with Gasteiger partial charge in [-0.25, -0.2) is 0 Å². The van der Waals surface area contributed by atoms with Gasteiger partial charge in [0.25, 0.3) is 5.91 Å². The van der Waals surface area contributed by atoms with Crippen LogP contribution in [0.3, 0.4) is 0 Å². The summed E-state index contributed by atoms with van der Waals surface area (Å²) in [5.41, 5.74) is 1.52. The van der Waals surface area contributed by atoms with Crippen LogP contribution in [0, 0.1) is 6.92 Å². The van der Waals surface area contributed by atoms with Crippen LogP contribution < -0.4 is 0 Å². The molecule has 0 saturated heterocycles. The molecule has 2 heterocycles. The number of rotatable bonds is 4. The average Bonchev–Trinajstić information content (AvgIpc) is 2.94. The molecule has 0 aliphatic heterocycles. The van der Waals surface area contributed by atoms with E-state index < -0.39 is 0 Å². The molecule has 1 amide bonds. The molecule has 102 valence electrons. The summed E-state index contributed by atoms with van der Waals surface area (Å²) in [5, 5.41) is 6.33. The Kier molecular flexibility index (Phi) is 4.42. The largest absolute Gasteiger partial charge is 0.335 e. The predicted octanol–water partition coefficient (Wildman–Crippen LogP) is 3.31. The number of halogens is 1. The maximum Gasteiger partial charge on any atom is 0.272 e. The van der Waals surface area contributed by atoms with E-state index in [-0.39, 0.29) is 5.91 Å². The fourth-order valence-electron chi connectivity index (χ4n) is 1.90. The molecule has 2 aromatic rings. The molecule has 0 aromatic carbocycles. The lowest BCUT2D eigenvalue weighted by Gasteiger charge is -2.16. The van der Waals surface area contributed by atoms with E-state index in [1.165, 1.54) is 0 Å². The number of amides is 1. The molecule has 0 spiro atoms. The summed E-state index contributed by atoms with van der Waals surface area (Å²) in [4.78, 5) is 15.3. The van der Waals surface area contributed by atoms with Gasteiger partial charge in [0.2, 0.25) is 0 Å². The van der Waals surface area contributed by atoms with E-state index in [1.807, 2.05) is 38.4 Å². The van der Waals surface area contributed by atoms with Crippen LogP contribution in [0.2, 0.25) is 0 Å². The second kappa shape index (κ2) is 5.88. The Labute approximate surface area is 125 Å². The summed E-state index contributed by atoms with van der Waals surface area (Å²) in [5.74, 6) is 0.00646. The monoisotopic (exact) mass is 341 g/mol. The summed E-state index contributed by atoms with van der Waals surface area (Å²) >= 11 is 5.07. The molecule has 0 atom stereocenters. The molecule has 0 saturated carbocycles. The Bertz CT molecular complexity index is 590. The van der Waals surface area contributed by atoms with E-state index in [2.05, 4.69) is 21.0 Å². The Morgan fingerprint density at radius 3 is 2.84 bits per heavy atom. The van der Waals surface area contributed by atoms with Gasteiger partial charge in [-0.2, -0.15) is 5.10 Å². The topological polar surface area (TPSA) is 38.1 Å². The highest BCUT2D eigenvalue weighted by Crippen LogP contribution is 2.21. The van der Waals surface area contributed by atoms with Crippen molar-refractivity contribution in [3.8, 4) is 0 Å². The van der Waals surface area contributed by atoms with Crippen LogP contribution in [0.1, 0.15) is 28.0 Å². The van der Waals surface area contributed by atoms with Gasteiger partial charge < -0.3 is 4.90 Å². The fraction of sp³-hybridized carbons (Fsp3) is 0.385. The number of aromatic nitrogens is 2. The smallest absolute Gasteiger partial charge is 0.272 e. The van der Waals surface area contributed by atoms with Crippen molar-refractivity contribution < 1.29 is 4.79 Å². The molecule has 0 N–H and O–H groups in total. The lowest BCUT2D eigenvalue weighted by molar-refractivity contribution is 0.0774. The fourth-order valence-corrected chi connectivity index (χ4v) is 3.40. The van der Waals surface area contributed by atoms with Crippen molar-refractivity contribution in [2.24, 2.45) is 0 Å². The van der Waals surface area contributed by atoms with E-state index in [0.717, 1.165) is 15.0 Å². The Morgan fingerprint density at radius 1 is 1.53 bits per heavy atom. The van der Waals surface area contributed by atoms with Gasteiger partial charge in [-0.15, -0.1) is 11.3 Å². The predicted molar refractivity (Wildman–Crippen MR) is 80.5 cm³/mol. The van der Waals surface area contributed by atoms with Crippen molar-refractivity contribution in [1.29, 1.82) is 0 Å². The Hall–Kier alpha value is -1.14. The van der Waals surface area contributed by atoms with Crippen molar-refractivity contribution in [1.82, 2.24) is 14.7 Å². The number of hydrogen-bond donors (Lipinski definition) is 0. The average molecular weight is 342 g/mol. The van der Waals surface area contributed by atoms with Crippen LogP contribution in [0.15, 0.2) is 22.0 Å². The zero-order valence-corrected chi connectivity index (χ0v) is 13.6. The van der Waals surface area contributed by atoms with Gasteiger partial charge in [0.1, 0.15) is 5.69 Å². The van der Waals surface area contributed by atoms with Crippen LogP contribution in [0.5, 0.6) is 0 Å². The van der Waals surface area contributed by atoms with Crippen molar-refractivity contribution in [3.05, 3.63) is 38.3 Å². The zero-order chi connectivity index (χ0) is 14.0. The van der Waals surface area contributed by atoms with Crippen LogP contribution in [-0.2, 0) is 13.1 Å². The molecule has 0 fully saturated rings. The third-order valence-corrected chi connectivity index (χ3v) is 4.46. The Morgan fingerprint density at radius 2 is 2.26 bits per heavy atom. The molecule has 2 aromatic heterocycles. The van der Waals surface area contributed by atoms with Gasteiger partial charge in [0.15, 0.2) is 0 Å². The minimum Gasteiger partial charge on any atom is -0.335 e. The molecule has 0 unspecified atom stereocenters. The third-order valence-electron chi connectivity index (χ3n) is 2.78. The van der Waals surface area contributed by atoms with Gasteiger partial charge in [-0.1, -0.05) is 0 Å². The molecule has 0 aliphatic carbocycles. The van der Waals surface area contributed by atoms with Crippen LogP contribution in [0.25, 0.3) is 0 Å². The molecule has 2 rings (SSSR count). The lowest BCUT2D eigenvalue weighted by Crippen LogP contribution is -2.28. The SMILES string of the molecule is CCn1nc(C)cc1C(=O)N(C)Cc1cc(Br)cs1. The van der Waals surface area contributed by atoms with Crippen LogP contribution in [0.4, 0.5) is 0 Å². The normalized spacial score (nSPS) is 10.7. The summed E-state index contributed by atoms with van der Waals surface area (Å²) in [6.07, 6.45) is 0. The molecule has 0 aliphatic rings. The highest BCUT2D eigenvalue weighted by atomic mass is 79.9. The van der Waals surface area contributed by atoms with Crippen molar-refractivity contribution >= 4 is 33.2 Å². The van der Waals surface area contributed by atoms with Gasteiger partial charge >= 0.3 is 0 Å². The number of carbonyl (C=O) groups excluding carboxylic acids is 1. The molecule has 19 heavy (non-hydrogen) atoms. The highest BCUT2D eigenvalue weighted by Gasteiger charge is 2.18. The molecule has 0 bridgehead atoms. The minimum absolute atomic E-state index is 0.00646. The highest BCUT2D eigenvalue weighted by molar-refractivity contribution is 9.10. The van der Waals surface area contributed by atoms with E-state index in [0.29, 0.717) is 18.8 Å². The first-order valence-corrected chi connectivity index (χ1v) is 7.71. The summed E-state index contributed by atoms with van der Waals surface area (Å²) in [7, 11) is 1.82. The summed E-state index contributed by atoms with van der Waals surface area (Å²) in [6, 6.07) is 3.88. The van der Waals surface area contributed by atoms with Gasteiger partial charge in [0.05, 0.1) is 12.2 Å². The quantitative estimate of drug-likeness (QED) is 0.855. The zero-order valence-electron chi connectivity index (χ0n) is 11.2. The Balaban J connectivity index is 2.14. The first kappa shape index (κ1) is 14.3. The number of carbonyl (C=O) groups is 1. The second-order valence-electron chi connectivity index (χ2n) is 4.38. The van der Waals surface area contributed by atoms with E-state index >= 15 is 0 Å². The van der Waals surface area contributed by atoms with Crippen molar-refractivity contribution in [2.45, 2.75) is 26.9 Å². The van der Waals surface area contributed by atoms with Crippen molar-refractivity contribution in [2.75, 3.05) is 7.05 Å². The number of hydrogen-bond acceptors (Lipinski definition) is 3. The van der Waals surface area contributed by atoms with E-state index in [1.54, 1.807) is 20.9 Å². The van der Waals surface area contributed by atoms with Crippen LogP contribution >= 0.6 is 27.3 Å². The lowest BCUT2D eigenvalue weighted by atomic mass is 10.3. The summed E-state index contributed by atoms with van der Waals surface area (Å²) in [6.45, 7) is 5.20. The van der Waals surface area contributed by atoms with Crippen LogP contribution in [-0.4, -0.2) is 27.6 Å². The number of aryl methyl sites for hydroxylation is 2. The van der Waals surface area contributed by atoms with Gasteiger partial charge in [-0.3, -0.25) is 9.48 Å². The molecule has 4 nitrogen and oxygen atoms in total. The molecular weight excluding hydrogens is 326 g/mol. The van der Waals surface area contributed by atoms with Crippen molar-refractivity contribution in [3.63, 3.8) is 0 Å². The maximum atomic E-state index is 12.4. The van der Waals surface area contributed by atoms with E-state index in [4.69, 9.17) is 0 Å². The number of thiophene rings is 1. The third kappa shape index (κ3) is 3.25.